The fraction of sp³-hybridized carbons (Fsp3) is 0.211. The van der Waals surface area contributed by atoms with Gasteiger partial charge in [0.1, 0.15) is 0 Å². The van der Waals surface area contributed by atoms with Crippen molar-refractivity contribution in [3.8, 4) is 0 Å². The van der Waals surface area contributed by atoms with Crippen LogP contribution in [0.3, 0.4) is 0 Å². The van der Waals surface area contributed by atoms with Crippen LogP contribution in [-0.4, -0.2) is 32.9 Å². The fourth-order valence-corrected chi connectivity index (χ4v) is 3.41. The van der Waals surface area contributed by atoms with E-state index in [1.807, 2.05) is 6.92 Å². The van der Waals surface area contributed by atoms with Gasteiger partial charge in [-0.3, -0.25) is 20.4 Å². The van der Waals surface area contributed by atoms with E-state index in [1.54, 1.807) is 6.07 Å². The molecule has 3 amide bonds. The number of anilines is 3. The van der Waals surface area contributed by atoms with Crippen LogP contribution in [0.25, 0.3) is 0 Å². The van der Waals surface area contributed by atoms with Crippen LogP contribution in [0.2, 0.25) is 0 Å². The molecular weight excluding hydrogens is 465 g/mol. The van der Waals surface area contributed by atoms with E-state index in [9.17, 15) is 27.9 Å². The Bertz CT molecular complexity index is 1050. The summed E-state index contributed by atoms with van der Waals surface area (Å²) in [5.41, 5.74) is 5.65. The second kappa shape index (κ2) is 13.4. The standard InChI is InChI=1S/C19H23N5O6S.K/c1-2-10-20-19(28)21-15-4-3-5-16(11-15)31(29,30)24-14-8-6-13(7-9-14)22-23-17(25)12-18(26)27;/h3-9,11,22,24H,2,10,12H2,1H3,(H,23,25)(H,26,27)(H2,20,21,28);/q;+1/p-1. The van der Waals surface area contributed by atoms with Gasteiger partial charge in [0, 0.05) is 17.9 Å². The third-order valence-electron chi connectivity index (χ3n) is 3.73. The number of benzene rings is 2. The van der Waals surface area contributed by atoms with E-state index in [-0.39, 0.29) is 62.0 Å². The van der Waals surface area contributed by atoms with E-state index in [2.05, 4.69) is 26.2 Å². The number of urea groups is 1. The molecule has 0 saturated carbocycles. The Hall–Kier alpha value is -2.16. The molecule has 166 valence electrons. The molecule has 0 saturated heterocycles. The van der Waals surface area contributed by atoms with Gasteiger partial charge in [-0.05, 0) is 48.9 Å². The van der Waals surface area contributed by atoms with E-state index in [1.165, 1.54) is 42.5 Å². The van der Waals surface area contributed by atoms with Crippen LogP contribution in [0.5, 0.6) is 0 Å². The molecule has 0 radical (unpaired) electrons. The van der Waals surface area contributed by atoms with Crippen molar-refractivity contribution < 1.29 is 79.3 Å². The normalized spacial score (nSPS) is 10.3. The number of carboxylic acids is 1. The molecule has 0 aliphatic carbocycles. The number of rotatable bonds is 10. The molecule has 0 spiro atoms. The Morgan fingerprint density at radius 1 is 0.969 bits per heavy atom. The predicted octanol–water partition coefficient (Wildman–Crippen LogP) is -2.39. The first-order valence-electron chi connectivity index (χ1n) is 9.22. The maximum Gasteiger partial charge on any atom is 1.00 e. The van der Waals surface area contributed by atoms with Crippen LogP contribution in [0.4, 0.5) is 21.9 Å². The number of amides is 3. The minimum absolute atomic E-state index is 0. The molecule has 0 bridgehead atoms. The summed E-state index contributed by atoms with van der Waals surface area (Å²) in [5, 5.41) is 15.5. The molecule has 2 aromatic rings. The molecule has 13 heteroatoms. The SMILES string of the molecule is CCCNC(=O)Nc1cccc(S(=O)(=O)Nc2ccc(NNC(=O)CC(=O)[O-])cc2)c1.[K+]. The van der Waals surface area contributed by atoms with E-state index in [0.717, 1.165) is 6.42 Å². The summed E-state index contributed by atoms with van der Waals surface area (Å²) in [7, 11) is -3.92. The second-order valence-electron chi connectivity index (χ2n) is 6.31. The van der Waals surface area contributed by atoms with Crippen molar-refractivity contribution in [1.82, 2.24) is 10.7 Å². The second-order valence-corrected chi connectivity index (χ2v) is 8.00. The van der Waals surface area contributed by atoms with Crippen molar-refractivity contribution in [3.63, 3.8) is 0 Å². The first kappa shape index (κ1) is 27.9. The minimum atomic E-state index is -3.92. The Balaban J connectivity index is 0.00000512. The van der Waals surface area contributed by atoms with Crippen LogP contribution >= 0.6 is 0 Å². The van der Waals surface area contributed by atoms with Crippen molar-refractivity contribution in [2.45, 2.75) is 24.7 Å². The van der Waals surface area contributed by atoms with Crippen molar-refractivity contribution in [1.29, 1.82) is 0 Å². The summed E-state index contributed by atoms with van der Waals surface area (Å²) in [5.74, 6) is -2.30. The topological polar surface area (TPSA) is 169 Å². The Morgan fingerprint density at radius 2 is 1.62 bits per heavy atom. The Morgan fingerprint density at radius 3 is 2.25 bits per heavy atom. The summed E-state index contributed by atoms with van der Waals surface area (Å²) in [6.07, 6.45) is -0.0225. The van der Waals surface area contributed by atoms with E-state index in [0.29, 0.717) is 17.9 Å². The zero-order valence-corrected chi connectivity index (χ0v) is 21.5. The van der Waals surface area contributed by atoms with Crippen molar-refractivity contribution in [3.05, 3.63) is 48.5 Å². The van der Waals surface area contributed by atoms with Crippen molar-refractivity contribution >= 4 is 45.0 Å². The van der Waals surface area contributed by atoms with Gasteiger partial charge in [0.25, 0.3) is 10.0 Å². The third-order valence-corrected chi connectivity index (χ3v) is 5.10. The first-order chi connectivity index (χ1) is 14.7. The molecule has 0 heterocycles. The number of aliphatic carboxylic acids is 1. The molecule has 0 aliphatic heterocycles. The van der Waals surface area contributed by atoms with Gasteiger partial charge in [0.2, 0.25) is 5.91 Å². The smallest absolute Gasteiger partial charge is 0.550 e. The van der Waals surface area contributed by atoms with Gasteiger partial charge in [-0.2, -0.15) is 0 Å². The zero-order chi connectivity index (χ0) is 22.9. The largest absolute Gasteiger partial charge is 1.00 e. The molecule has 0 fully saturated rings. The number of nitrogens with one attached hydrogen (secondary N) is 5. The molecule has 0 atom stereocenters. The van der Waals surface area contributed by atoms with Crippen molar-refractivity contribution in [2.75, 3.05) is 22.0 Å². The summed E-state index contributed by atoms with van der Waals surface area (Å²) in [6.45, 7) is 2.41. The number of sulfonamides is 1. The van der Waals surface area contributed by atoms with Gasteiger partial charge in [-0.1, -0.05) is 13.0 Å². The minimum Gasteiger partial charge on any atom is -0.550 e. The molecule has 2 aromatic carbocycles. The van der Waals surface area contributed by atoms with Crippen LogP contribution in [0.1, 0.15) is 19.8 Å². The summed E-state index contributed by atoms with van der Waals surface area (Å²) in [6, 6.07) is 11.2. The first-order valence-corrected chi connectivity index (χ1v) is 10.7. The number of carbonyl (C=O) groups excluding carboxylic acids is 3. The van der Waals surface area contributed by atoms with Crippen LogP contribution in [-0.2, 0) is 19.6 Å². The summed E-state index contributed by atoms with van der Waals surface area (Å²) < 4.78 is 27.7. The molecule has 0 unspecified atom stereocenters. The van der Waals surface area contributed by atoms with Crippen molar-refractivity contribution in [2.24, 2.45) is 0 Å². The third kappa shape index (κ3) is 9.54. The molecule has 0 aliphatic rings. The van der Waals surface area contributed by atoms with Crippen LogP contribution < -0.4 is 82.7 Å². The van der Waals surface area contributed by atoms with E-state index in [4.69, 9.17) is 0 Å². The maximum absolute atomic E-state index is 12.6. The predicted molar refractivity (Wildman–Crippen MR) is 112 cm³/mol. The monoisotopic (exact) mass is 487 g/mol. The molecule has 11 nitrogen and oxygen atoms in total. The average molecular weight is 488 g/mol. The van der Waals surface area contributed by atoms with Gasteiger partial charge >= 0.3 is 57.4 Å². The molecular formula is C19H22KN5O6S. The molecule has 5 N–H and O–H groups in total. The van der Waals surface area contributed by atoms with Gasteiger partial charge in [-0.25, -0.2) is 13.2 Å². The van der Waals surface area contributed by atoms with E-state index < -0.39 is 34.4 Å². The van der Waals surface area contributed by atoms with Gasteiger partial charge in [-0.15, -0.1) is 0 Å². The number of hydrogen-bond donors (Lipinski definition) is 5. The number of carboxylic acid groups (broad SMARTS) is 1. The average Bonchev–Trinajstić information content (AvgIpc) is 2.71. The Labute approximate surface area is 228 Å². The molecule has 32 heavy (non-hydrogen) atoms. The fourth-order valence-electron chi connectivity index (χ4n) is 2.31. The summed E-state index contributed by atoms with van der Waals surface area (Å²) >= 11 is 0. The maximum atomic E-state index is 12.6. The van der Waals surface area contributed by atoms with Crippen LogP contribution in [0, 0.1) is 0 Å². The van der Waals surface area contributed by atoms with Crippen LogP contribution in [0.15, 0.2) is 53.4 Å². The molecule has 2 rings (SSSR count). The quantitative estimate of drug-likeness (QED) is 0.141. The van der Waals surface area contributed by atoms with Gasteiger partial charge in [0.05, 0.1) is 23.0 Å². The summed E-state index contributed by atoms with van der Waals surface area (Å²) in [4.78, 5) is 33.3. The van der Waals surface area contributed by atoms with Gasteiger partial charge in [0.15, 0.2) is 0 Å². The molecule has 0 aromatic heterocycles. The number of hydrogen-bond acceptors (Lipinski definition) is 7. The number of hydrazine groups is 1. The van der Waals surface area contributed by atoms with E-state index >= 15 is 0 Å². The Kier molecular flexibility index (Phi) is 11.7. The number of carbonyl (C=O) groups is 3. The van der Waals surface area contributed by atoms with Gasteiger partial charge < -0.3 is 20.5 Å². The zero-order valence-electron chi connectivity index (χ0n) is 17.6.